The minimum absolute atomic E-state index is 0.00196. The minimum atomic E-state index is -0.337. The van der Waals surface area contributed by atoms with Crippen LogP contribution in [0.5, 0.6) is 11.6 Å². The highest BCUT2D eigenvalue weighted by Crippen LogP contribution is 2.32. The molecule has 1 saturated heterocycles. The second-order valence-corrected chi connectivity index (χ2v) is 9.01. The zero-order valence-corrected chi connectivity index (χ0v) is 20.5. The standard InChI is InChI=1S/C27H33FN4O3/c1-4-25-24(18-31(27(33)29-19(2)3)17-23-11-8-16-34-23)26(35-22-14-12-20(28)13-15-22)32(30-25)21-9-6-5-7-10-21/h5-7,9-10,12-15,19,23H,4,8,11,16-18H2,1-3H3,(H,29,33)/t23-/m1/s1. The first-order valence-electron chi connectivity index (χ1n) is 12.2. The normalized spacial score (nSPS) is 15.4. The molecule has 0 saturated carbocycles. The molecule has 2 aromatic carbocycles. The number of aryl methyl sites for hydroxylation is 1. The van der Waals surface area contributed by atoms with E-state index in [-0.39, 0.29) is 24.0 Å². The summed E-state index contributed by atoms with van der Waals surface area (Å²) in [7, 11) is 0. The summed E-state index contributed by atoms with van der Waals surface area (Å²) in [5.74, 6) is 0.663. The molecule has 7 nitrogen and oxygen atoms in total. The summed E-state index contributed by atoms with van der Waals surface area (Å²) in [5, 5.41) is 7.86. The minimum Gasteiger partial charge on any atom is -0.439 e. The van der Waals surface area contributed by atoms with Gasteiger partial charge in [-0.2, -0.15) is 5.10 Å². The maximum atomic E-state index is 13.5. The van der Waals surface area contributed by atoms with Crippen LogP contribution in [0, 0.1) is 5.82 Å². The summed E-state index contributed by atoms with van der Waals surface area (Å²) in [6.45, 7) is 7.42. The van der Waals surface area contributed by atoms with Gasteiger partial charge in [0, 0.05) is 19.2 Å². The van der Waals surface area contributed by atoms with E-state index in [0.717, 1.165) is 36.4 Å². The van der Waals surface area contributed by atoms with E-state index in [2.05, 4.69) is 5.32 Å². The monoisotopic (exact) mass is 480 g/mol. The number of ether oxygens (including phenoxy) is 2. The Balaban J connectivity index is 1.74. The number of halogens is 1. The molecule has 1 aliphatic heterocycles. The van der Waals surface area contributed by atoms with Crippen molar-refractivity contribution in [1.29, 1.82) is 0 Å². The third-order valence-corrected chi connectivity index (χ3v) is 5.88. The molecule has 0 bridgehead atoms. The number of aromatic nitrogens is 2. The lowest BCUT2D eigenvalue weighted by Gasteiger charge is -2.27. The first-order chi connectivity index (χ1) is 16.9. The Bertz CT molecular complexity index is 1110. The summed E-state index contributed by atoms with van der Waals surface area (Å²) >= 11 is 0. The van der Waals surface area contributed by atoms with Crippen LogP contribution in [0.25, 0.3) is 5.69 Å². The summed E-state index contributed by atoms with van der Waals surface area (Å²) < 4.78 is 27.4. The molecule has 2 heterocycles. The number of hydrogen-bond donors (Lipinski definition) is 1. The third-order valence-electron chi connectivity index (χ3n) is 5.88. The Hall–Kier alpha value is -3.39. The van der Waals surface area contributed by atoms with Crippen LogP contribution < -0.4 is 10.1 Å². The molecule has 3 aromatic rings. The van der Waals surface area contributed by atoms with Gasteiger partial charge in [0.15, 0.2) is 0 Å². The van der Waals surface area contributed by atoms with Crippen LogP contribution in [0.2, 0.25) is 0 Å². The number of nitrogens with one attached hydrogen (secondary N) is 1. The predicted octanol–water partition coefficient (Wildman–Crippen LogP) is 5.47. The number of carbonyl (C=O) groups excluding carboxylic acids is 1. The van der Waals surface area contributed by atoms with Crippen molar-refractivity contribution in [2.75, 3.05) is 13.2 Å². The van der Waals surface area contributed by atoms with Crippen molar-refractivity contribution in [3.63, 3.8) is 0 Å². The molecule has 1 aliphatic rings. The van der Waals surface area contributed by atoms with Gasteiger partial charge in [0.05, 0.1) is 29.6 Å². The van der Waals surface area contributed by atoms with Gasteiger partial charge >= 0.3 is 6.03 Å². The van der Waals surface area contributed by atoms with E-state index in [1.807, 2.05) is 51.1 Å². The molecule has 35 heavy (non-hydrogen) atoms. The maximum absolute atomic E-state index is 13.5. The quantitative estimate of drug-likeness (QED) is 0.441. The van der Waals surface area contributed by atoms with Gasteiger partial charge in [0.1, 0.15) is 11.6 Å². The van der Waals surface area contributed by atoms with Gasteiger partial charge in [0.2, 0.25) is 5.88 Å². The molecule has 8 heteroatoms. The van der Waals surface area contributed by atoms with Crippen LogP contribution in [0.15, 0.2) is 54.6 Å². The number of carbonyl (C=O) groups is 1. The summed E-state index contributed by atoms with van der Waals surface area (Å²) in [5.41, 5.74) is 2.49. The van der Waals surface area contributed by atoms with Crippen LogP contribution in [0.4, 0.5) is 9.18 Å². The first kappa shape index (κ1) is 24.7. The van der Waals surface area contributed by atoms with Gasteiger partial charge in [-0.05, 0) is 69.5 Å². The molecule has 1 fully saturated rings. The molecule has 4 rings (SSSR count). The number of para-hydroxylation sites is 1. The fourth-order valence-corrected chi connectivity index (χ4v) is 4.17. The predicted molar refractivity (Wildman–Crippen MR) is 132 cm³/mol. The lowest BCUT2D eigenvalue weighted by Crippen LogP contribution is -2.45. The molecule has 1 aromatic heterocycles. The fraction of sp³-hybridized carbons (Fsp3) is 0.407. The highest BCUT2D eigenvalue weighted by Gasteiger charge is 2.28. The molecular weight excluding hydrogens is 447 g/mol. The number of urea groups is 1. The highest BCUT2D eigenvalue weighted by atomic mass is 19.1. The molecule has 0 radical (unpaired) electrons. The Morgan fingerprint density at radius 2 is 1.97 bits per heavy atom. The largest absolute Gasteiger partial charge is 0.439 e. The van der Waals surface area contributed by atoms with Crippen molar-refractivity contribution in [3.05, 3.63) is 71.7 Å². The molecule has 0 aliphatic carbocycles. The van der Waals surface area contributed by atoms with Crippen LogP contribution in [-0.4, -0.2) is 46.0 Å². The topological polar surface area (TPSA) is 68.6 Å². The summed E-state index contributed by atoms with van der Waals surface area (Å²) in [6, 6.07) is 15.4. The summed E-state index contributed by atoms with van der Waals surface area (Å²) in [6.07, 6.45) is 2.58. The van der Waals surface area contributed by atoms with Gasteiger partial charge in [-0.3, -0.25) is 0 Å². The van der Waals surface area contributed by atoms with Gasteiger partial charge < -0.3 is 19.7 Å². The Morgan fingerprint density at radius 1 is 1.23 bits per heavy atom. The van der Waals surface area contributed by atoms with E-state index < -0.39 is 0 Å². The molecule has 186 valence electrons. The lowest BCUT2D eigenvalue weighted by molar-refractivity contribution is 0.0788. The van der Waals surface area contributed by atoms with E-state index in [1.165, 1.54) is 12.1 Å². The lowest BCUT2D eigenvalue weighted by atomic mass is 10.1. The number of amides is 2. The summed E-state index contributed by atoms with van der Waals surface area (Å²) in [4.78, 5) is 15.0. The average Bonchev–Trinajstić information content (AvgIpc) is 3.48. The van der Waals surface area contributed by atoms with Gasteiger partial charge in [-0.25, -0.2) is 13.9 Å². The van der Waals surface area contributed by atoms with Crippen LogP contribution in [0.1, 0.15) is 44.9 Å². The van der Waals surface area contributed by atoms with Gasteiger partial charge in [-0.1, -0.05) is 25.1 Å². The van der Waals surface area contributed by atoms with E-state index in [1.54, 1.807) is 21.7 Å². The Labute approximate surface area is 205 Å². The van der Waals surface area contributed by atoms with Crippen molar-refractivity contribution < 1.29 is 18.7 Å². The number of hydrogen-bond acceptors (Lipinski definition) is 4. The van der Waals surface area contributed by atoms with Crippen molar-refractivity contribution in [3.8, 4) is 17.3 Å². The Kier molecular flexibility index (Phi) is 8.02. The zero-order chi connectivity index (χ0) is 24.8. The van der Waals surface area contributed by atoms with E-state index >= 15 is 0 Å². The van der Waals surface area contributed by atoms with E-state index in [4.69, 9.17) is 14.6 Å². The molecule has 0 spiro atoms. The molecule has 0 unspecified atom stereocenters. The number of nitrogens with zero attached hydrogens (tertiary/aromatic N) is 3. The SMILES string of the molecule is CCc1nn(-c2ccccc2)c(Oc2ccc(F)cc2)c1CN(C[C@H]1CCCO1)C(=O)NC(C)C. The molecule has 2 amide bonds. The Morgan fingerprint density at radius 3 is 2.60 bits per heavy atom. The number of benzene rings is 2. The van der Waals surface area contributed by atoms with Crippen molar-refractivity contribution in [1.82, 2.24) is 20.0 Å². The third kappa shape index (κ3) is 6.19. The highest BCUT2D eigenvalue weighted by molar-refractivity contribution is 5.74. The smallest absolute Gasteiger partial charge is 0.317 e. The molecular formula is C27H33FN4O3. The van der Waals surface area contributed by atoms with E-state index in [0.29, 0.717) is 31.1 Å². The van der Waals surface area contributed by atoms with Crippen LogP contribution >= 0.6 is 0 Å². The first-order valence-corrected chi connectivity index (χ1v) is 12.2. The van der Waals surface area contributed by atoms with Crippen molar-refractivity contribution in [2.24, 2.45) is 0 Å². The van der Waals surface area contributed by atoms with Crippen molar-refractivity contribution in [2.45, 2.75) is 58.7 Å². The zero-order valence-electron chi connectivity index (χ0n) is 20.5. The second-order valence-electron chi connectivity index (χ2n) is 9.01. The maximum Gasteiger partial charge on any atom is 0.317 e. The average molecular weight is 481 g/mol. The van der Waals surface area contributed by atoms with Gasteiger partial charge in [-0.15, -0.1) is 0 Å². The van der Waals surface area contributed by atoms with Crippen LogP contribution in [0.3, 0.4) is 0 Å². The molecule has 1 N–H and O–H groups in total. The van der Waals surface area contributed by atoms with Crippen molar-refractivity contribution >= 4 is 6.03 Å². The second kappa shape index (κ2) is 11.4. The van der Waals surface area contributed by atoms with Gasteiger partial charge in [0.25, 0.3) is 0 Å². The fourth-order valence-electron chi connectivity index (χ4n) is 4.17. The van der Waals surface area contributed by atoms with E-state index in [9.17, 15) is 9.18 Å². The van der Waals surface area contributed by atoms with Crippen LogP contribution in [-0.2, 0) is 17.7 Å². The molecule has 1 atom stereocenters. The number of rotatable bonds is 9.